The number of anilines is 1. The van der Waals surface area contributed by atoms with Crippen molar-refractivity contribution in [2.45, 2.75) is 50.9 Å². The van der Waals surface area contributed by atoms with E-state index in [4.69, 9.17) is 5.73 Å². The summed E-state index contributed by atoms with van der Waals surface area (Å²) in [6.07, 6.45) is 8.10. The highest BCUT2D eigenvalue weighted by atomic mass is 16.1. The Kier molecular flexibility index (Phi) is 6.07. The van der Waals surface area contributed by atoms with E-state index in [0.717, 1.165) is 57.6 Å². The molecule has 0 unspecified atom stereocenters. The minimum atomic E-state index is 0.263. The maximum Gasteiger partial charge on any atom is 0.223 e. The van der Waals surface area contributed by atoms with Crippen LogP contribution in [0.4, 0.5) is 5.82 Å². The van der Waals surface area contributed by atoms with Crippen LogP contribution in [0.15, 0.2) is 18.2 Å². The molecule has 0 aromatic carbocycles. The number of hydrogen-bond donors (Lipinski definition) is 2. The number of nitrogen functional groups attached to an aromatic ring is 1. The molecular formula is C19H30N4O. The molecule has 1 amide bonds. The van der Waals surface area contributed by atoms with Gasteiger partial charge in [0.05, 0.1) is 0 Å². The molecule has 0 bridgehead atoms. The first kappa shape index (κ1) is 17.2. The van der Waals surface area contributed by atoms with Gasteiger partial charge in [-0.15, -0.1) is 0 Å². The average Bonchev–Trinajstić information content (AvgIpc) is 2.63. The molecule has 1 aromatic rings. The fourth-order valence-electron chi connectivity index (χ4n) is 3.99. The van der Waals surface area contributed by atoms with Gasteiger partial charge in [-0.1, -0.05) is 25.3 Å². The number of amides is 1. The average molecular weight is 330 g/mol. The standard InChI is InChI=1S/C19H30N4O/c20-18-8-4-7-17(22-18)15-9-12-23(13-10-15)14-11-21-19(24)16-5-2-1-3-6-16/h4,7-8,15-16H,1-3,5-6,9-14H2,(H2,20,22)(H,21,24). The zero-order valence-corrected chi connectivity index (χ0v) is 14.5. The summed E-state index contributed by atoms with van der Waals surface area (Å²) in [5.41, 5.74) is 6.91. The molecule has 132 valence electrons. The van der Waals surface area contributed by atoms with Crippen LogP contribution in [-0.2, 0) is 4.79 Å². The molecule has 2 heterocycles. The quantitative estimate of drug-likeness (QED) is 0.870. The molecule has 5 nitrogen and oxygen atoms in total. The molecule has 1 aliphatic carbocycles. The van der Waals surface area contributed by atoms with E-state index >= 15 is 0 Å². The van der Waals surface area contributed by atoms with Gasteiger partial charge in [-0.3, -0.25) is 4.79 Å². The second-order valence-corrected chi connectivity index (χ2v) is 7.23. The number of pyridine rings is 1. The molecule has 2 fully saturated rings. The first-order valence-corrected chi connectivity index (χ1v) is 9.45. The Morgan fingerprint density at radius 2 is 1.92 bits per heavy atom. The number of nitrogens with two attached hydrogens (primary N) is 1. The molecule has 0 atom stereocenters. The number of rotatable bonds is 5. The van der Waals surface area contributed by atoms with Gasteiger partial charge in [-0.2, -0.15) is 0 Å². The molecule has 0 radical (unpaired) electrons. The molecule has 3 N–H and O–H groups in total. The maximum absolute atomic E-state index is 12.2. The van der Waals surface area contributed by atoms with E-state index in [1.807, 2.05) is 12.1 Å². The molecule has 1 saturated carbocycles. The van der Waals surface area contributed by atoms with Gasteiger partial charge in [-0.25, -0.2) is 4.98 Å². The van der Waals surface area contributed by atoms with Crippen molar-refractivity contribution in [1.29, 1.82) is 0 Å². The van der Waals surface area contributed by atoms with Crippen LogP contribution in [0.5, 0.6) is 0 Å². The van der Waals surface area contributed by atoms with Crippen molar-refractivity contribution in [2.24, 2.45) is 5.92 Å². The summed E-state index contributed by atoms with van der Waals surface area (Å²) >= 11 is 0. The third-order valence-electron chi connectivity index (χ3n) is 5.50. The number of nitrogens with one attached hydrogen (secondary N) is 1. The number of aromatic nitrogens is 1. The second kappa shape index (κ2) is 8.47. The predicted octanol–water partition coefficient (Wildman–Crippen LogP) is 2.54. The Labute approximate surface area is 145 Å². The highest BCUT2D eigenvalue weighted by Gasteiger charge is 2.23. The molecule has 0 spiro atoms. The minimum absolute atomic E-state index is 0.263. The predicted molar refractivity (Wildman–Crippen MR) is 96.6 cm³/mol. The van der Waals surface area contributed by atoms with Crippen molar-refractivity contribution >= 4 is 11.7 Å². The van der Waals surface area contributed by atoms with Crippen molar-refractivity contribution in [2.75, 3.05) is 31.9 Å². The zero-order valence-electron chi connectivity index (χ0n) is 14.5. The Hall–Kier alpha value is -1.62. The van der Waals surface area contributed by atoms with Gasteiger partial charge < -0.3 is 16.0 Å². The van der Waals surface area contributed by atoms with Gasteiger partial charge >= 0.3 is 0 Å². The lowest BCUT2D eigenvalue weighted by Crippen LogP contribution is -2.41. The number of hydrogen-bond acceptors (Lipinski definition) is 4. The fourth-order valence-corrected chi connectivity index (χ4v) is 3.99. The first-order valence-electron chi connectivity index (χ1n) is 9.45. The first-order chi connectivity index (χ1) is 11.7. The van der Waals surface area contributed by atoms with Gasteiger partial charge in [0.25, 0.3) is 0 Å². The number of carbonyl (C=O) groups is 1. The Morgan fingerprint density at radius 1 is 1.17 bits per heavy atom. The SMILES string of the molecule is Nc1cccc(C2CCN(CCNC(=O)C3CCCCC3)CC2)n1. The highest BCUT2D eigenvalue weighted by molar-refractivity contribution is 5.78. The molecule has 1 aliphatic heterocycles. The van der Waals surface area contributed by atoms with Crippen LogP contribution in [0.25, 0.3) is 0 Å². The van der Waals surface area contributed by atoms with Crippen molar-refractivity contribution in [3.05, 3.63) is 23.9 Å². The van der Waals surface area contributed by atoms with E-state index in [1.165, 1.54) is 19.3 Å². The van der Waals surface area contributed by atoms with E-state index in [9.17, 15) is 4.79 Å². The smallest absolute Gasteiger partial charge is 0.223 e. The highest BCUT2D eigenvalue weighted by Crippen LogP contribution is 2.27. The third kappa shape index (κ3) is 4.69. The van der Waals surface area contributed by atoms with Crippen LogP contribution in [0.1, 0.15) is 56.6 Å². The number of carbonyl (C=O) groups excluding carboxylic acids is 1. The topological polar surface area (TPSA) is 71.2 Å². The van der Waals surface area contributed by atoms with Crippen molar-refractivity contribution < 1.29 is 4.79 Å². The minimum Gasteiger partial charge on any atom is -0.384 e. The molecule has 5 heteroatoms. The van der Waals surface area contributed by atoms with Crippen molar-refractivity contribution in [3.63, 3.8) is 0 Å². The summed E-state index contributed by atoms with van der Waals surface area (Å²) in [5.74, 6) is 1.66. The van der Waals surface area contributed by atoms with Crippen LogP contribution in [-0.4, -0.2) is 42.0 Å². The summed E-state index contributed by atoms with van der Waals surface area (Å²) in [5, 5.41) is 3.14. The summed E-state index contributed by atoms with van der Waals surface area (Å²) < 4.78 is 0. The third-order valence-corrected chi connectivity index (χ3v) is 5.50. The van der Waals surface area contributed by atoms with Gasteiger partial charge in [0.2, 0.25) is 5.91 Å². The lowest BCUT2D eigenvalue weighted by Gasteiger charge is -2.32. The molecule has 1 aromatic heterocycles. The summed E-state index contributed by atoms with van der Waals surface area (Å²) in [6.45, 7) is 3.87. The van der Waals surface area contributed by atoms with E-state index < -0.39 is 0 Å². The van der Waals surface area contributed by atoms with E-state index in [1.54, 1.807) is 0 Å². The Morgan fingerprint density at radius 3 is 2.62 bits per heavy atom. The molecule has 1 saturated heterocycles. The lowest BCUT2D eigenvalue weighted by molar-refractivity contribution is -0.125. The Balaban J connectivity index is 1.36. The summed E-state index contributed by atoms with van der Waals surface area (Å²) in [7, 11) is 0. The number of piperidine rings is 1. The molecule has 3 rings (SSSR count). The lowest BCUT2D eigenvalue weighted by atomic mass is 9.89. The summed E-state index contributed by atoms with van der Waals surface area (Å²) in [6, 6.07) is 5.92. The van der Waals surface area contributed by atoms with Gasteiger partial charge in [0.15, 0.2) is 0 Å². The van der Waals surface area contributed by atoms with Crippen LogP contribution < -0.4 is 11.1 Å². The molecule has 2 aliphatic rings. The normalized spacial score (nSPS) is 20.8. The van der Waals surface area contributed by atoms with Crippen LogP contribution in [0.2, 0.25) is 0 Å². The fraction of sp³-hybridized carbons (Fsp3) is 0.684. The number of nitrogens with zero attached hydrogens (tertiary/aromatic N) is 2. The number of likely N-dealkylation sites (tertiary alicyclic amines) is 1. The van der Waals surface area contributed by atoms with Crippen molar-refractivity contribution in [1.82, 2.24) is 15.2 Å². The summed E-state index contributed by atoms with van der Waals surface area (Å²) in [4.78, 5) is 19.1. The zero-order chi connectivity index (χ0) is 16.8. The van der Waals surface area contributed by atoms with Crippen LogP contribution >= 0.6 is 0 Å². The van der Waals surface area contributed by atoms with Gasteiger partial charge in [-0.05, 0) is 50.9 Å². The van der Waals surface area contributed by atoms with Gasteiger partial charge in [0.1, 0.15) is 5.82 Å². The largest absolute Gasteiger partial charge is 0.384 e. The maximum atomic E-state index is 12.2. The van der Waals surface area contributed by atoms with E-state index in [0.29, 0.717) is 11.7 Å². The molecular weight excluding hydrogens is 300 g/mol. The van der Waals surface area contributed by atoms with E-state index in [2.05, 4.69) is 21.3 Å². The molecule has 24 heavy (non-hydrogen) atoms. The van der Waals surface area contributed by atoms with E-state index in [-0.39, 0.29) is 11.8 Å². The second-order valence-electron chi connectivity index (χ2n) is 7.23. The monoisotopic (exact) mass is 330 g/mol. The Bertz CT molecular complexity index is 534. The van der Waals surface area contributed by atoms with Crippen LogP contribution in [0.3, 0.4) is 0 Å². The van der Waals surface area contributed by atoms with Gasteiger partial charge in [0, 0.05) is 30.6 Å². The van der Waals surface area contributed by atoms with Crippen molar-refractivity contribution in [3.8, 4) is 0 Å². The van der Waals surface area contributed by atoms with Crippen LogP contribution in [0, 0.1) is 5.92 Å².